The predicted molar refractivity (Wildman–Crippen MR) is 60.8 cm³/mol. The van der Waals surface area contributed by atoms with Crippen molar-refractivity contribution in [1.29, 1.82) is 0 Å². The maximum atomic E-state index is 10.7. The SMILES string of the molecule is CCN(CC)N=Nc1cccc(C(=O)O)c1. The van der Waals surface area contributed by atoms with Crippen LogP contribution in [-0.2, 0) is 0 Å². The molecule has 0 aliphatic rings. The van der Waals surface area contributed by atoms with E-state index in [1.807, 2.05) is 13.8 Å². The summed E-state index contributed by atoms with van der Waals surface area (Å²) in [5.74, 6) is -0.958. The minimum absolute atomic E-state index is 0.219. The van der Waals surface area contributed by atoms with Crippen molar-refractivity contribution in [1.82, 2.24) is 5.01 Å². The summed E-state index contributed by atoms with van der Waals surface area (Å²) in [5.41, 5.74) is 0.766. The molecule has 0 unspecified atom stereocenters. The van der Waals surface area contributed by atoms with Crippen LogP contribution in [0.4, 0.5) is 5.69 Å². The first-order valence-electron chi connectivity index (χ1n) is 5.17. The molecule has 0 fully saturated rings. The maximum Gasteiger partial charge on any atom is 0.335 e. The number of benzene rings is 1. The van der Waals surface area contributed by atoms with Gasteiger partial charge in [0, 0.05) is 13.1 Å². The first-order valence-corrected chi connectivity index (χ1v) is 5.17. The lowest BCUT2D eigenvalue weighted by molar-refractivity contribution is 0.0697. The van der Waals surface area contributed by atoms with Gasteiger partial charge in [-0.3, -0.25) is 5.01 Å². The molecular formula is C11H15N3O2. The molecular weight excluding hydrogens is 206 g/mol. The lowest BCUT2D eigenvalue weighted by Gasteiger charge is -2.10. The molecule has 0 saturated heterocycles. The molecule has 1 aromatic rings. The average Bonchev–Trinajstić information content (AvgIpc) is 2.31. The number of rotatable bonds is 5. The summed E-state index contributed by atoms with van der Waals surface area (Å²) in [4.78, 5) is 10.7. The van der Waals surface area contributed by atoms with E-state index in [4.69, 9.17) is 5.11 Å². The summed E-state index contributed by atoms with van der Waals surface area (Å²) in [5, 5.41) is 18.6. The molecule has 0 aliphatic carbocycles. The molecule has 0 atom stereocenters. The second-order valence-electron chi connectivity index (χ2n) is 3.18. The Morgan fingerprint density at radius 1 is 1.38 bits per heavy atom. The molecule has 0 amide bonds. The first kappa shape index (κ1) is 12.2. The van der Waals surface area contributed by atoms with E-state index in [1.165, 1.54) is 12.1 Å². The smallest absolute Gasteiger partial charge is 0.335 e. The van der Waals surface area contributed by atoms with Crippen molar-refractivity contribution in [3.8, 4) is 0 Å². The van der Waals surface area contributed by atoms with Crippen molar-refractivity contribution in [3.05, 3.63) is 29.8 Å². The molecule has 0 bridgehead atoms. The number of hydrogen-bond acceptors (Lipinski definition) is 3. The summed E-state index contributed by atoms with van der Waals surface area (Å²) in [6, 6.07) is 6.40. The Morgan fingerprint density at radius 3 is 2.62 bits per heavy atom. The first-order chi connectivity index (χ1) is 7.67. The average molecular weight is 221 g/mol. The Balaban J connectivity index is 2.81. The lowest BCUT2D eigenvalue weighted by Crippen LogP contribution is -2.14. The number of carboxylic acid groups (broad SMARTS) is 1. The van der Waals surface area contributed by atoms with Crippen molar-refractivity contribution >= 4 is 11.7 Å². The number of carbonyl (C=O) groups is 1. The van der Waals surface area contributed by atoms with Crippen LogP contribution in [0.1, 0.15) is 24.2 Å². The minimum atomic E-state index is -0.958. The van der Waals surface area contributed by atoms with E-state index in [-0.39, 0.29) is 5.56 Å². The van der Waals surface area contributed by atoms with Crippen LogP contribution < -0.4 is 0 Å². The normalized spacial score (nSPS) is 10.6. The van der Waals surface area contributed by atoms with E-state index in [2.05, 4.69) is 10.3 Å². The van der Waals surface area contributed by atoms with Gasteiger partial charge in [0.15, 0.2) is 0 Å². The molecule has 0 aromatic heterocycles. The van der Waals surface area contributed by atoms with Crippen molar-refractivity contribution in [2.75, 3.05) is 13.1 Å². The van der Waals surface area contributed by atoms with Gasteiger partial charge in [0.25, 0.3) is 0 Å². The Hall–Kier alpha value is -1.91. The number of nitrogens with zero attached hydrogens (tertiary/aromatic N) is 3. The summed E-state index contributed by atoms with van der Waals surface area (Å²) in [6.07, 6.45) is 0. The van der Waals surface area contributed by atoms with Gasteiger partial charge in [-0.2, -0.15) is 0 Å². The van der Waals surface area contributed by atoms with E-state index >= 15 is 0 Å². The highest BCUT2D eigenvalue weighted by Crippen LogP contribution is 2.15. The number of aromatic carboxylic acids is 1. The fraction of sp³-hybridized carbons (Fsp3) is 0.364. The zero-order valence-corrected chi connectivity index (χ0v) is 9.42. The highest BCUT2D eigenvalue weighted by atomic mass is 16.4. The van der Waals surface area contributed by atoms with Crippen LogP contribution >= 0.6 is 0 Å². The highest BCUT2D eigenvalue weighted by molar-refractivity contribution is 5.88. The minimum Gasteiger partial charge on any atom is -0.478 e. The van der Waals surface area contributed by atoms with E-state index < -0.39 is 5.97 Å². The van der Waals surface area contributed by atoms with Gasteiger partial charge < -0.3 is 5.11 Å². The Labute approximate surface area is 94.4 Å². The molecule has 0 spiro atoms. The van der Waals surface area contributed by atoms with Crippen LogP contribution in [-0.4, -0.2) is 29.2 Å². The van der Waals surface area contributed by atoms with Crippen LogP contribution in [0, 0.1) is 0 Å². The Bertz CT molecular complexity index is 387. The summed E-state index contributed by atoms with van der Waals surface area (Å²) in [7, 11) is 0. The number of carboxylic acids is 1. The fourth-order valence-electron chi connectivity index (χ4n) is 1.17. The van der Waals surface area contributed by atoms with Crippen LogP contribution in [0.5, 0.6) is 0 Å². The molecule has 5 heteroatoms. The van der Waals surface area contributed by atoms with Gasteiger partial charge in [-0.1, -0.05) is 11.3 Å². The Kier molecular flexibility index (Phi) is 4.44. The molecule has 16 heavy (non-hydrogen) atoms. The van der Waals surface area contributed by atoms with Gasteiger partial charge in [0.05, 0.1) is 11.3 Å². The topological polar surface area (TPSA) is 65.3 Å². The van der Waals surface area contributed by atoms with Gasteiger partial charge in [-0.25, -0.2) is 4.79 Å². The summed E-state index contributed by atoms with van der Waals surface area (Å²) >= 11 is 0. The standard InChI is InChI=1S/C11H15N3O2/c1-3-14(4-2)13-12-10-7-5-6-9(8-10)11(15)16/h5-8H,3-4H2,1-2H3,(H,15,16). The van der Waals surface area contributed by atoms with Crippen molar-refractivity contribution < 1.29 is 9.90 Å². The largest absolute Gasteiger partial charge is 0.478 e. The summed E-state index contributed by atoms with van der Waals surface area (Å²) in [6.45, 7) is 5.52. The van der Waals surface area contributed by atoms with Crippen molar-refractivity contribution in [2.45, 2.75) is 13.8 Å². The molecule has 1 N–H and O–H groups in total. The molecule has 86 valence electrons. The maximum absolute atomic E-state index is 10.7. The van der Waals surface area contributed by atoms with Gasteiger partial charge in [-0.05, 0) is 32.0 Å². The number of hydrogen-bond donors (Lipinski definition) is 1. The van der Waals surface area contributed by atoms with Crippen LogP contribution in [0.15, 0.2) is 34.6 Å². The Morgan fingerprint density at radius 2 is 2.06 bits per heavy atom. The van der Waals surface area contributed by atoms with Crippen molar-refractivity contribution in [2.24, 2.45) is 10.3 Å². The third-order valence-electron chi connectivity index (χ3n) is 2.11. The van der Waals surface area contributed by atoms with Gasteiger partial charge in [-0.15, -0.1) is 5.11 Å². The molecule has 0 radical (unpaired) electrons. The fourth-order valence-corrected chi connectivity index (χ4v) is 1.17. The molecule has 5 nitrogen and oxygen atoms in total. The molecule has 0 heterocycles. The second-order valence-corrected chi connectivity index (χ2v) is 3.18. The van der Waals surface area contributed by atoms with E-state index in [9.17, 15) is 4.79 Å². The van der Waals surface area contributed by atoms with Gasteiger partial charge >= 0.3 is 5.97 Å². The van der Waals surface area contributed by atoms with Gasteiger partial charge in [0.2, 0.25) is 0 Å². The lowest BCUT2D eigenvalue weighted by atomic mass is 10.2. The second kappa shape index (κ2) is 5.85. The third kappa shape index (κ3) is 3.34. The van der Waals surface area contributed by atoms with E-state index in [0.29, 0.717) is 5.69 Å². The quantitative estimate of drug-likeness (QED) is 0.614. The molecule has 0 saturated carbocycles. The van der Waals surface area contributed by atoms with Gasteiger partial charge in [0.1, 0.15) is 0 Å². The van der Waals surface area contributed by atoms with Crippen LogP contribution in [0.25, 0.3) is 0 Å². The zero-order valence-electron chi connectivity index (χ0n) is 9.42. The van der Waals surface area contributed by atoms with Crippen molar-refractivity contribution in [3.63, 3.8) is 0 Å². The summed E-state index contributed by atoms with van der Waals surface area (Å²) < 4.78 is 0. The monoisotopic (exact) mass is 221 g/mol. The predicted octanol–water partition coefficient (Wildman–Crippen LogP) is 2.73. The van der Waals surface area contributed by atoms with E-state index in [1.54, 1.807) is 17.1 Å². The van der Waals surface area contributed by atoms with Crippen LogP contribution in [0.3, 0.4) is 0 Å². The molecule has 1 aromatic carbocycles. The molecule has 0 aliphatic heterocycles. The van der Waals surface area contributed by atoms with E-state index in [0.717, 1.165) is 13.1 Å². The third-order valence-corrected chi connectivity index (χ3v) is 2.11. The zero-order chi connectivity index (χ0) is 12.0. The molecule has 1 rings (SSSR count). The van der Waals surface area contributed by atoms with Crippen LogP contribution in [0.2, 0.25) is 0 Å². The highest BCUT2D eigenvalue weighted by Gasteiger charge is 2.02.